The Bertz CT molecular complexity index is 1240. The Morgan fingerprint density at radius 1 is 1.00 bits per heavy atom. The van der Waals surface area contributed by atoms with Crippen LogP contribution in [0, 0.1) is 0 Å². The third-order valence-corrected chi connectivity index (χ3v) is 6.28. The molecule has 0 unspecified atom stereocenters. The first-order valence-corrected chi connectivity index (χ1v) is 10.7. The third kappa shape index (κ3) is 3.92. The number of carbonyl (C=O) groups is 2. The summed E-state index contributed by atoms with van der Waals surface area (Å²) in [6.45, 7) is 0.145. The molecule has 2 amide bonds. The molecular weight excluding hydrogens is 461 g/mol. The van der Waals surface area contributed by atoms with Gasteiger partial charge in [0.15, 0.2) is 11.5 Å². The highest BCUT2D eigenvalue weighted by Crippen LogP contribution is 2.39. The molecule has 156 valence electrons. The smallest absolute Gasteiger partial charge is 0.293 e. The third-order valence-electron chi connectivity index (χ3n) is 4.77. The van der Waals surface area contributed by atoms with Gasteiger partial charge >= 0.3 is 0 Å². The molecule has 2 aliphatic rings. The first kappa shape index (κ1) is 20.1. The molecule has 0 radical (unpaired) electrons. The van der Waals surface area contributed by atoms with E-state index in [1.807, 2.05) is 12.1 Å². The van der Waals surface area contributed by atoms with Crippen molar-refractivity contribution in [1.82, 2.24) is 4.90 Å². The van der Waals surface area contributed by atoms with Gasteiger partial charge in [0, 0.05) is 27.8 Å². The minimum atomic E-state index is -0.409. The summed E-state index contributed by atoms with van der Waals surface area (Å²) in [7, 11) is 0. The van der Waals surface area contributed by atoms with Crippen molar-refractivity contribution >= 4 is 52.2 Å². The number of halogens is 2. The Kier molecular flexibility index (Phi) is 5.17. The molecular formula is C22H13Cl2NO5S. The maximum atomic E-state index is 12.8. The molecule has 3 heterocycles. The summed E-state index contributed by atoms with van der Waals surface area (Å²) in [5.41, 5.74) is 1.45. The number of hydrogen-bond donors (Lipinski definition) is 0. The summed E-state index contributed by atoms with van der Waals surface area (Å²) in [6, 6.07) is 14.1. The van der Waals surface area contributed by atoms with Crippen LogP contribution in [-0.4, -0.2) is 22.8 Å². The Morgan fingerprint density at radius 3 is 2.52 bits per heavy atom. The quantitative estimate of drug-likeness (QED) is 0.419. The van der Waals surface area contributed by atoms with Crippen molar-refractivity contribution in [3.05, 3.63) is 74.8 Å². The molecule has 5 rings (SSSR count). The second kappa shape index (κ2) is 8.00. The molecule has 31 heavy (non-hydrogen) atoms. The van der Waals surface area contributed by atoms with Crippen LogP contribution in [0.4, 0.5) is 4.79 Å². The fourth-order valence-corrected chi connectivity index (χ4v) is 4.37. The van der Waals surface area contributed by atoms with Gasteiger partial charge in [-0.25, -0.2) is 0 Å². The van der Waals surface area contributed by atoms with E-state index in [1.165, 1.54) is 0 Å². The van der Waals surface area contributed by atoms with Crippen molar-refractivity contribution in [3.8, 4) is 22.8 Å². The number of fused-ring (bicyclic) bond motifs is 1. The standard InChI is InChI=1S/C22H13Cl2NO5S/c23-14-3-1-12(2-4-14)17-6-5-15(30-17)8-20-21(26)25(22(27)31-20)10-13-7-18-19(9-16(13)24)29-11-28-18/h1-9H,10-11H2/b20-8+. The van der Waals surface area contributed by atoms with Gasteiger partial charge in [0.2, 0.25) is 6.79 Å². The Labute approximate surface area is 191 Å². The van der Waals surface area contributed by atoms with Gasteiger partial charge in [-0.05, 0) is 59.8 Å². The van der Waals surface area contributed by atoms with Crippen LogP contribution >= 0.6 is 35.0 Å². The SMILES string of the molecule is O=C1S/C(=C/c2ccc(-c3ccc(Cl)cc3)o2)C(=O)N1Cc1cc2c(cc1Cl)OCO2. The van der Waals surface area contributed by atoms with Crippen LogP contribution in [-0.2, 0) is 11.3 Å². The topological polar surface area (TPSA) is 69.0 Å². The van der Waals surface area contributed by atoms with Crippen molar-refractivity contribution in [2.24, 2.45) is 0 Å². The van der Waals surface area contributed by atoms with Crippen LogP contribution in [0.25, 0.3) is 17.4 Å². The molecule has 1 fully saturated rings. The molecule has 2 aliphatic heterocycles. The predicted octanol–water partition coefficient (Wildman–Crippen LogP) is 6.22. The molecule has 1 saturated heterocycles. The van der Waals surface area contributed by atoms with Gasteiger partial charge in [-0.1, -0.05) is 23.2 Å². The van der Waals surface area contributed by atoms with Crippen molar-refractivity contribution in [3.63, 3.8) is 0 Å². The van der Waals surface area contributed by atoms with E-state index in [1.54, 1.807) is 42.5 Å². The Balaban J connectivity index is 1.36. The molecule has 0 aliphatic carbocycles. The summed E-state index contributed by atoms with van der Waals surface area (Å²) in [5.74, 6) is 1.77. The van der Waals surface area contributed by atoms with E-state index < -0.39 is 5.91 Å². The number of imide groups is 1. The van der Waals surface area contributed by atoms with Crippen molar-refractivity contribution in [2.45, 2.75) is 6.54 Å². The van der Waals surface area contributed by atoms with E-state index >= 15 is 0 Å². The zero-order valence-corrected chi connectivity index (χ0v) is 18.1. The van der Waals surface area contributed by atoms with Crippen LogP contribution in [0.15, 0.2) is 57.9 Å². The van der Waals surface area contributed by atoms with Crippen LogP contribution in [0.5, 0.6) is 11.5 Å². The first-order chi connectivity index (χ1) is 15.0. The number of carbonyl (C=O) groups excluding carboxylic acids is 2. The van der Waals surface area contributed by atoms with E-state index in [0.29, 0.717) is 38.6 Å². The lowest BCUT2D eigenvalue weighted by Crippen LogP contribution is -2.27. The highest BCUT2D eigenvalue weighted by atomic mass is 35.5. The van der Waals surface area contributed by atoms with Crippen molar-refractivity contribution in [2.75, 3.05) is 6.79 Å². The summed E-state index contributed by atoms with van der Waals surface area (Å²) in [5, 5.41) is 0.646. The molecule has 0 atom stereocenters. The molecule has 0 saturated carbocycles. The molecule has 0 spiro atoms. The lowest BCUT2D eigenvalue weighted by Gasteiger charge is -2.14. The van der Waals surface area contributed by atoms with Crippen LogP contribution < -0.4 is 9.47 Å². The zero-order chi connectivity index (χ0) is 21.5. The first-order valence-electron chi connectivity index (χ1n) is 9.17. The van der Waals surface area contributed by atoms with E-state index in [2.05, 4.69) is 0 Å². The van der Waals surface area contributed by atoms with E-state index in [-0.39, 0.29) is 23.5 Å². The minimum absolute atomic E-state index is 0.0334. The summed E-state index contributed by atoms with van der Waals surface area (Å²) >= 11 is 13.1. The number of thioether (sulfide) groups is 1. The number of hydrogen-bond acceptors (Lipinski definition) is 6. The van der Waals surface area contributed by atoms with Gasteiger partial charge in [-0.2, -0.15) is 0 Å². The minimum Gasteiger partial charge on any atom is -0.457 e. The molecule has 2 aromatic carbocycles. The lowest BCUT2D eigenvalue weighted by molar-refractivity contribution is -0.123. The van der Waals surface area contributed by atoms with Gasteiger partial charge in [0.25, 0.3) is 11.1 Å². The molecule has 0 bridgehead atoms. The fourth-order valence-electron chi connectivity index (χ4n) is 3.22. The molecule has 0 N–H and O–H groups in total. The maximum Gasteiger partial charge on any atom is 0.293 e. The van der Waals surface area contributed by atoms with E-state index in [9.17, 15) is 9.59 Å². The highest BCUT2D eigenvalue weighted by molar-refractivity contribution is 8.18. The number of amides is 2. The van der Waals surface area contributed by atoms with E-state index in [0.717, 1.165) is 22.2 Å². The number of nitrogens with zero attached hydrogens (tertiary/aromatic N) is 1. The molecule has 3 aromatic rings. The average molecular weight is 474 g/mol. The van der Waals surface area contributed by atoms with Crippen molar-refractivity contribution in [1.29, 1.82) is 0 Å². The number of ether oxygens (including phenoxy) is 2. The van der Waals surface area contributed by atoms with Crippen LogP contribution in [0.1, 0.15) is 11.3 Å². The van der Waals surface area contributed by atoms with Gasteiger partial charge in [0.1, 0.15) is 11.5 Å². The van der Waals surface area contributed by atoms with E-state index in [4.69, 9.17) is 37.1 Å². The second-order valence-corrected chi connectivity index (χ2v) is 8.61. The lowest BCUT2D eigenvalue weighted by atomic mass is 10.2. The Hall–Kier alpha value is -2.87. The Morgan fingerprint density at radius 2 is 1.74 bits per heavy atom. The fraction of sp³-hybridized carbons (Fsp3) is 0.0909. The van der Waals surface area contributed by atoms with Gasteiger partial charge in [-0.3, -0.25) is 14.5 Å². The van der Waals surface area contributed by atoms with Crippen molar-refractivity contribution < 1.29 is 23.5 Å². The zero-order valence-electron chi connectivity index (χ0n) is 15.8. The highest BCUT2D eigenvalue weighted by Gasteiger charge is 2.36. The number of benzene rings is 2. The average Bonchev–Trinajstić information content (AvgIpc) is 3.45. The largest absolute Gasteiger partial charge is 0.457 e. The molecule has 1 aromatic heterocycles. The maximum absolute atomic E-state index is 12.8. The second-order valence-electron chi connectivity index (χ2n) is 6.77. The summed E-state index contributed by atoms with van der Waals surface area (Å²) in [6.07, 6.45) is 1.56. The van der Waals surface area contributed by atoms with Crippen LogP contribution in [0.3, 0.4) is 0 Å². The summed E-state index contributed by atoms with van der Waals surface area (Å²) < 4.78 is 16.4. The molecule has 6 nitrogen and oxygen atoms in total. The summed E-state index contributed by atoms with van der Waals surface area (Å²) in [4.78, 5) is 26.7. The van der Waals surface area contributed by atoms with Gasteiger partial charge in [-0.15, -0.1) is 0 Å². The monoisotopic (exact) mass is 473 g/mol. The molecule has 9 heteroatoms. The van der Waals surface area contributed by atoms with Gasteiger partial charge in [0.05, 0.1) is 11.4 Å². The van der Waals surface area contributed by atoms with Gasteiger partial charge < -0.3 is 13.9 Å². The number of rotatable bonds is 4. The number of furan rings is 1. The predicted molar refractivity (Wildman–Crippen MR) is 118 cm³/mol. The van der Waals surface area contributed by atoms with Crippen LogP contribution in [0.2, 0.25) is 10.0 Å². The normalized spacial score (nSPS) is 16.6.